The summed E-state index contributed by atoms with van der Waals surface area (Å²) >= 11 is 2.12. The number of Topliss-reactive ketones (excluding diaryl/α,β-unsaturated/α-hetero) is 1. The summed E-state index contributed by atoms with van der Waals surface area (Å²) < 4.78 is 0.911. The number of hydrogen-bond acceptors (Lipinski definition) is 2. The molecule has 13 heavy (non-hydrogen) atoms. The van der Waals surface area contributed by atoms with Crippen molar-refractivity contribution in [3.8, 4) is 6.07 Å². The quantitative estimate of drug-likeness (QED) is 0.685. The minimum atomic E-state index is 0.212. The van der Waals surface area contributed by atoms with Crippen LogP contribution in [-0.2, 0) is 6.42 Å². The third kappa shape index (κ3) is 1.35. The number of aryl methyl sites for hydroxylation is 1. The van der Waals surface area contributed by atoms with Crippen LogP contribution in [0.4, 0.5) is 0 Å². The smallest absolute Gasteiger partial charge is 0.164 e. The average molecular weight is 283 g/mol. The van der Waals surface area contributed by atoms with Crippen molar-refractivity contribution in [2.75, 3.05) is 0 Å². The topological polar surface area (TPSA) is 40.9 Å². The number of hydrogen-bond donors (Lipinski definition) is 0. The van der Waals surface area contributed by atoms with Gasteiger partial charge in [-0.15, -0.1) is 0 Å². The number of nitrogens with zero attached hydrogens (tertiary/aromatic N) is 1. The number of carbonyl (C=O) groups is 1. The largest absolute Gasteiger partial charge is 0.294 e. The Hall–Kier alpha value is -0.890. The van der Waals surface area contributed by atoms with Gasteiger partial charge in [-0.25, -0.2) is 0 Å². The van der Waals surface area contributed by atoms with Gasteiger partial charge in [-0.1, -0.05) is 0 Å². The van der Waals surface area contributed by atoms with E-state index in [0.29, 0.717) is 12.0 Å². The Balaban J connectivity index is 2.67. The van der Waals surface area contributed by atoms with E-state index >= 15 is 0 Å². The Morgan fingerprint density at radius 1 is 1.38 bits per heavy atom. The van der Waals surface area contributed by atoms with E-state index in [1.807, 2.05) is 6.07 Å². The molecule has 0 amide bonds. The molecule has 1 aliphatic rings. The lowest BCUT2D eigenvalue weighted by Crippen LogP contribution is -1.95. The molecule has 0 spiro atoms. The summed E-state index contributed by atoms with van der Waals surface area (Å²) in [5.74, 6) is 0.212. The molecule has 1 aliphatic carbocycles. The third-order valence-electron chi connectivity index (χ3n) is 2.20. The SMILES string of the molecule is N#Cc1cc(I)c2c(c1)CCC2=O. The molecule has 0 aliphatic heterocycles. The summed E-state index contributed by atoms with van der Waals surface area (Å²) in [5.41, 5.74) is 2.52. The van der Waals surface area contributed by atoms with Crippen molar-refractivity contribution in [2.45, 2.75) is 12.8 Å². The Labute approximate surface area is 89.7 Å². The summed E-state index contributed by atoms with van der Waals surface area (Å²) in [4.78, 5) is 11.4. The van der Waals surface area contributed by atoms with Gasteiger partial charge in [-0.05, 0) is 46.7 Å². The fourth-order valence-electron chi connectivity index (χ4n) is 1.61. The minimum Gasteiger partial charge on any atom is -0.294 e. The molecule has 0 radical (unpaired) electrons. The first-order chi connectivity index (χ1) is 6.22. The van der Waals surface area contributed by atoms with Gasteiger partial charge in [0.1, 0.15) is 0 Å². The van der Waals surface area contributed by atoms with Crippen molar-refractivity contribution < 1.29 is 4.79 Å². The second-order valence-electron chi connectivity index (χ2n) is 3.03. The number of ketones is 1. The van der Waals surface area contributed by atoms with Crippen LogP contribution in [0, 0.1) is 14.9 Å². The van der Waals surface area contributed by atoms with Crippen molar-refractivity contribution in [1.82, 2.24) is 0 Å². The first-order valence-electron chi connectivity index (χ1n) is 3.98. The Morgan fingerprint density at radius 2 is 2.15 bits per heavy atom. The van der Waals surface area contributed by atoms with Crippen molar-refractivity contribution in [2.24, 2.45) is 0 Å². The lowest BCUT2D eigenvalue weighted by atomic mass is 10.1. The maximum atomic E-state index is 11.4. The lowest BCUT2D eigenvalue weighted by molar-refractivity contribution is 0.0994. The van der Waals surface area contributed by atoms with Crippen molar-refractivity contribution in [1.29, 1.82) is 5.26 Å². The van der Waals surface area contributed by atoms with E-state index in [1.54, 1.807) is 6.07 Å². The standard InChI is InChI=1S/C10H6INO/c11-8-4-6(5-12)3-7-1-2-9(13)10(7)8/h3-4H,1-2H2. The van der Waals surface area contributed by atoms with Gasteiger partial charge in [0.15, 0.2) is 5.78 Å². The van der Waals surface area contributed by atoms with Crippen LogP contribution in [0.25, 0.3) is 0 Å². The summed E-state index contributed by atoms with van der Waals surface area (Å²) in [7, 11) is 0. The number of halogens is 1. The third-order valence-corrected chi connectivity index (χ3v) is 3.05. The highest BCUT2D eigenvalue weighted by Crippen LogP contribution is 2.27. The fourth-order valence-corrected chi connectivity index (χ4v) is 2.59. The van der Waals surface area contributed by atoms with Gasteiger partial charge in [0.2, 0.25) is 0 Å². The van der Waals surface area contributed by atoms with E-state index in [4.69, 9.17) is 5.26 Å². The van der Waals surface area contributed by atoms with Gasteiger partial charge in [-0.3, -0.25) is 4.79 Å². The second-order valence-corrected chi connectivity index (χ2v) is 4.19. The van der Waals surface area contributed by atoms with Gasteiger partial charge in [0, 0.05) is 15.6 Å². The van der Waals surface area contributed by atoms with Crippen LogP contribution in [0.3, 0.4) is 0 Å². The molecule has 1 aromatic carbocycles. The highest BCUT2D eigenvalue weighted by atomic mass is 127. The van der Waals surface area contributed by atoms with Gasteiger partial charge in [0.05, 0.1) is 11.6 Å². The van der Waals surface area contributed by atoms with E-state index in [-0.39, 0.29) is 5.78 Å². The number of rotatable bonds is 0. The molecule has 2 rings (SSSR count). The first-order valence-corrected chi connectivity index (χ1v) is 5.06. The summed E-state index contributed by atoms with van der Waals surface area (Å²) in [6.07, 6.45) is 1.39. The van der Waals surface area contributed by atoms with Gasteiger partial charge >= 0.3 is 0 Å². The highest BCUT2D eigenvalue weighted by molar-refractivity contribution is 14.1. The monoisotopic (exact) mass is 283 g/mol. The predicted molar refractivity (Wildman–Crippen MR) is 56.5 cm³/mol. The summed E-state index contributed by atoms with van der Waals surface area (Å²) in [6, 6.07) is 5.68. The zero-order valence-corrected chi connectivity index (χ0v) is 8.96. The molecule has 0 bridgehead atoms. The van der Waals surface area contributed by atoms with Crippen LogP contribution >= 0.6 is 22.6 Å². The van der Waals surface area contributed by atoms with E-state index in [2.05, 4.69) is 28.7 Å². The van der Waals surface area contributed by atoms with Gasteiger partial charge in [0.25, 0.3) is 0 Å². The van der Waals surface area contributed by atoms with Crippen LogP contribution in [0.15, 0.2) is 12.1 Å². The Morgan fingerprint density at radius 3 is 2.85 bits per heavy atom. The molecule has 0 saturated carbocycles. The van der Waals surface area contributed by atoms with Gasteiger partial charge in [-0.2, -0.15) is 5.26 Å². The molecule has 0 heterocycles. The normalized spacial score (nSPS) is 14.0. The maximum absolute atomic E-state index is 11.4. The lowest BCUT2D eigenvalue weighted by Gasteiger charge is -2.00. The van der Waals surface area contributed by atoms with E-state index < -0.39 is 0 Å². The van der Waals surface area contributed by atoms with Crippen LogP contribution in [-0.4, -0.2) is 5.78 Å². The summed E-state index contributed by atoms with van der Waals surface area (Å²) in [5, 5.41) is 8.72. The zero-order valence-electron chi connectivity index (χ0n) is 6.80. The number of fused-ring (bicyclic) bond motifs is 1. The van der Waals surface area contributed by atoms with Gasteiger partial charge < -0.3 is 0 Å². The average Bonchev–Trinajstić information content (AvgIpc) is 2.48. The molecule has 0 atom stereocenters. The first kappa shape index (κ1) is 8.70. The van der Waals surface area contributed by atoms with Crippen molar-refractivity contribution in [3.05, 3.63) is 32.4 Å². The molecule has 0 N–H and O–H groups in total. The van der Waals surface area contributed by atoms with Crippen LogP contribution in [0.2, 0.25) is 0 Å². The second kappa shape index (κ2) is 3.11. The molecule has 0 aromatic heterocycles. The molecule has 0 fully saturated rings. The highest BCUT2D eigenvalue weighted by Gasteiger charge is 2.22. The number of nitriles is 1. The van der Waals surface area contributed by atoms with Crippen LogP contribution < -0.4 is 0 Å². The molecule has 3 heteroatoms. The van der Waals surface area contributed by atoms with Crippen molar-refractivity contribution in [3.63, 3.8) is 0 Å². The molecular weight excluding hydrogens is 277 g/mol. The number of benzene rings is 1. The Kier molecular flexibility index (Phi) is 2.08. The molecule has 2 nitrogen and oxygen atoms in total. The van der Waals surface area contributed by atoms with E-state index in [1.165, 1.54) is 0 Å². The molecular formula is C10H6INO. The molecule has 0 unspecified atom stereocenters. The maximum Gasteiger partial charge on any atom is 0.164 e. The van der Waals surface area contributed by atoms with Crippen LogP contribution in [0.1, 0.15) is 27.9 Å². The molecule has 64 valence electrons. The molecule has 1 aromatic rings. The number of carbonyl (C=O) groups excluding carboxylic acids is 1. The fraction of sp³-hybridized carbons (Fsp3) is 0.200. The predicted octanol–water partition coefficient (Wildman–Crippen LogP) is 2.29. The summed E-state index contributed by atoms with van der Waals surface area (Å²) in [6.45, 7) is 0. The van der Waals surface area contributed by atoms with Crippen LogP contribution in [0.5, 0.6) is 0 Å². The van der Waals surface area contributed by atoms with Crippen molar-refractivity contribution >= 4 is 28.4 Å². The Bertz CT molecular complexity index is 431. The minimum absolute atomic E-state index is 0.212. The zero-order chi connectivity index (χ0) is 9.42. The van der Waals surface area contributed by atoms with E-state index in [9.17, 15) is 4.79 Å². The van der Waals surface area contributed by atoms with E-state index in [0.717, 1.165) is 21.1 Å². The molecule has 0 saturated heterocycles.